The summed E-state index contributed by atoms with van der Waals surface area (Å²) < 4.78 is 0. The van der Waals surface area contributed by atoms with Crippen molar-refractivity contribution in [2.45, 2.75) is 44.9 Å². The second kappa shape index (κ2) is 6.77. The van der Waals surface area contributed by atoms with Gasteiger partial charge in [-0.05, 0) is 43.6 Å². The number of carbonyl (C=O) groups excluding carboxylic acids is 1. The van der Waals surface area contributed by atoms with Gasteiger partial charge in [0, 0.05) is 17.8 Å². The van der Waals surface area contributed by atoms with Gasteiger partial charge < -0.3 is 5.32 Å². The van der Waals surface area contributed by atoms with Gasteiger partial charge in [0.1, 0.15) is 0 Å². The van der Waals surface area contributed by atoms with E-state index in [1.54, 1.807) is 0 Å². The van der Waals surface area contributed by atoms with Crippen LogP contribution in [0.3, 0.4) is 0 Å². The Kier molecular flexibility index (Phi) is 4.56. The smallest absolute Gasteiger partial charge is 0.272 e. The number of benzene rings is 1. The number of aryl methyl sites for hydroxylation is 1. The molecule has 116 valence electrons. The summed E-state index contributed by atoms with van der Waals surface area (Å²) in [6.07, 6.45) is 5.25. The molecule has 0 aliphatic heterocycles. The van der Waals surface area contributed by atoms with Gasteiger partial charge in [-0.15, -0.1) is 0 Å². The SMILES string of the molecule is CC(CCNC(=O)c1n[nH]c2c1CCCC2)c1ccccc1. The van der Waals surface area contributed by atoms with Gasteiger partial charge in [-0.3, -0.25) is 9.89 Å². The van der Waals surface area contributed by atoms with Crippen molar-refractivity contribution >= 4 is 5.91 Å². The number of aromatic amines is 1. The molecular formula is C18H23N3O. The lowest BCUT2D eigenvalue weighted by Gasteiger charge is -2.13. The van der Waals surface area contributed by atoms with Crippen LogP contribution in [-0.4, -0.2) is 22.6 Å². The summed E-state index contributed by atoms with van der Waals surface area (Å²) in [6, 6.07) is 10.4. The van der Waals surface area contributed by atoms with Gasteiger partial charge in [-0.2, -0.15) is 5.10 Å². The van der Waals surface area contributed by atoms with Gasteiger partial charge in [-0.1, -0.05) is 37.3 Å². The third kappa shape index (κ3) is 3.21. The molecule has 0 saturated heterocycles. The highest BCUT2D eigenvalue weighted by Gasteiger charge is 2.21. The van der Waals surface area contributed by atoms with E-state index in [1.807, 2.05) is 6.07 Å². The van der Waals surface area contributed by atoms with Crippen LogP contribution in [0, 0.1) is 0 Å². The topological polar surface area (TPSA) is 57.8 Å². The molecule has 0 spiro atoms. The molecule has 1 atom stereocenters. The van der Waals surface area contributed by atoms with Crippen LogP contribution in [0.4, 0.5) is 0 Å². The van der Waals surface area contributed by atoms with E-state index < -0.39 is 0 Å². The molecule has 1 heterocycles. The fraction of sp³-hybridized carbons (Fsp3) is 0.444. The molecule has 0 bridgehead atoms. The van der Waals surface area contributed by atoms with E-state index in [0.717, 1.165) is 36.9 Å². The first-order valence-corrected chi connectivity index (χ1v) is 8.15. The van der Waals surface area contributed by atoms with Gasteiger partial charge in [0.05, 0.1) is 0 Å². The highest BCUT2D eigenvalue weighted by Crippen LogP contribution is 2.22. The van der Waals surface area contributed by atoms with Gasteiger partial charge in [-0.25, -0.2) is 0 Å². The van der Waals surface area contributed by atoms with Gasteiger partial charge in [0.25, 0.3) is 5.91 Å². The van der Waals surface area contributed by atoms with Crippen LogP contribution in [0.25, 0.3) is 0 Å². The normalized spacial score (nSPS) is 15.1. The molecule has 0 radical (unpaired) electrons. The fourth-order valence-electron chi connectivity index (χ4n) is 3.10. The van der Waals surface area contributed by atoms with Crippen LogP contribution >= 0.6 is 0 Å². The molecule has 4 nitrogen and oxygen atoms in total. The second-order valence-corrected chi connectivity index (χ2v) is 6.09. The monoisotopic (exact) mass is 297 g/mol. The molecular weight excluding hydrogens is 274 g/mol. The Morgan fingerprint density at radius 3 is 2.86 bits per heavy atom. The number of amides is 1. The maximum absolute atomic E-state index is 12.3. The Morgan fingerprint density at radius 2 is 2.05 bits per heavy atom. The average molecular weight is 297 g/mol. The zero-order valence-corrected chi connectivity index (χ0v) is 13.1. The molecule has 1 unspecified atom stereocenters. The molecule has 4 heteroatoms. The van der Waals surface area contributed by atoms with Gasteiger partial charge in [0.15, 0.2) is 5.69 Å². The van der Waals surface area contributed by atoms with Crippen LogP contribution < -0.4 is 5.32 Å². The maximum atomic E-state index is 12.3. The van der Waals surface area contributed by atoms with E-state index in [0.29, 0.717) is 18.2 Å². The van der Waals surface area contributed by atoms with Crippen molar-refractivity contribution in [3.63, 3.8) is 0 Å². The van der Waals surface area contributed by atoms with Crippen molar-refractivity contribution in [1.29, 1.82) is 0 Å². The first kappa shape index (κ1) is 14.8. The Morgan fingerprint density at radius 1 is 1.27 bits per heavy atom. The summed E-state index contributed by atoms with van der Waals surface area (Å²) in [5, 5.41) is 10.3. The lowest BCUT2D eigenvalue weighted by atomic mass is 9.95. The first-order valence-electron chi connectivity index (χ1n) is 8.15. The third-order valence-electron chi connectivity index (χ3n) is 4.50. The van der Waals surface area contributed by atoms with E-state index in [4.69, 9.17) is 0 Å². The Labute approximate surface area is 131 Å². The number of carbonyl (C=O) groups is 1. The number of nitrogens with one attached hydrogen (secondary N) is 2. The second-order valence-electron chi connectivity index (χ2n) is 6.09. The van der Waals surface area contributed by atoms with E-state index in [2.05, 4.69) is 46.7 Å². The molecule has 3 rings (SSSR count). The average Bonchev–Trinajstić information content (AvgIpc) is 2.99. The van der Waals surface area contributed by atoms with Crippen LogP contribution in [0.15, 0.2) is 30.3 Å². The number of hydrogen-bond donors (Lipinski definition) is 2. The molecule has 1 aromatic carbocycles. The summed E-state index contributed by atoms with van der Waals surface area (Å²) in [5.41, 5.74) is 4.19. The number of H-pyrrole nitrogens is 1. The molecule has 1 amide bonds. The number of fused-ring (bicyclic) bond motifs is 1. The molecule has 0 saturated carbocycles. The number of rotatable bonds is 5. The lowest BCUT2D eigenvalue weighted by molar-refractivity contribution is 0.0946. The van der Waals surface area contributed by atoms with Gasteiger partial charge >= 0.3 is 0 Å². The predicted molar refractivity (Wildman–Crippen MR) is 87.0 cm³/mol. The summed E-state index contributed by atoms with van der Waals surface area (Å²) in [4.78, 5) is 12.3. The quantitative estimate of drug-likeness (QED) is 0.890. The Balaban J connectivity index is 1.54. The Bertz CT molecular complexity index is 633. The summed E-state index contributed by atoms with van der Waals surface area (Å²) >= 11 is 0. The molecule has 2 aromatic rings. The van der Waals surface area contributed by atoms with Gasteiger partial charge in [0.2, 0.25) is 0 Å². The number of aromatic nitrogens is 2. The van der Waals surface area contributed by atoms with Crippen LogP contribution in [0.2, 0.25) is 0 Å². The van der Waals surface area contributed by atoms with Crippen molar-refractivity contribution < 1.29 is 4.79 Å². The first-order chi connectivity index (χ1) is 10.8. The number of nitrogens with zero attached hydrogens (tertiary/aromatic N) is 1. The Hall–Kier alpha value is -2.10. The zero-order valence-electron chi connectivity index (χ0n) is 13.1. The zero-order chi connectivity index (χ0) is 15.4. The molecule has 1 aliphatic carbocycles. The van der Waals surface area contributed by atoms with E-state index in [-0.39, 0.29) is 5.91 Å². The standard InChI is InChI=1S/C18H23N3O/c1-13(14-7-3-2-4-8-14)11-12-19-18(22)17-15-9-5-6-10-16(15)20-21-17/h2-4,7-8,13H,5-6,9-12H2,1H3,(H,19,22)(H,20,21). The number of hydrogen-bond acceptors (Lipinski definition) is 2. The van der Waals surface area contributed by atoms with Crippen molar-refractivity contribution in [2.75, 3.05) is 6.54 Å². The third-order valence-corrected chi connectivity index (χ3v) is 4.50. The maximum Gasteiger partial charge on any atom is 0.272 e. The van der Waals surface area contributed by atoms with Crippen LogP contribution in [0.1, 0.15) is 59.4 Å². The molecule has 1 aliphatic rings. The fourth-order valence-corrected chi connectivity index (χ4v) is 3.10. The minimum Gasteiger partial charge on any atom is -0.351 e. The summed E-state index contributed by atoms with van der Waals surface area (Å²) in [6.45, 7) is 2.87. The predicted octanol–water partition coefficient (Wildman–Crippen LogP) is 3.21. The van der Waals surface area contributed by atoms with E-state index >= 15 is 0 Å². The van der Waals surface area contributed by atoms with Crippen molar-refractivity contribution in [3.8, 4) is 0 Å². The van der Waals surface area contributed by atoms with Crippen molar-refractivity contribution in [3.05, 3.63) is 52.8 Å². The largest absolute Gasteiger partial charge is 0.351 e. The summed E-state index contributed by atoms with van der Waals surface area (Å²) in [7, 11) is 0. The van der Waals surface area contributed by atoms with E-state index in [9.17, 15) is 4.79 Å². The molecule has 22 heavy (non-hydrogen) atoms. The minimum absolute atomic E-state index is 0.0420. The van der Waals surface area contributed by atoms with Crippen LogP contribution in [-0.2, 0) is 12.8 Å². The molecule has 0 fully saturated rings. The minimum atomic E-state index is -0.0420. The van der Waals surface area contributed by atoms with Crippen molar-refractivity contribution in [1.82, 2.24) is 15.5 Å². The van der Waals surface area contributed by atoms with E-state index in [1.165, 1.54) is 12.0 Å². The van der Waals surface area contributed by atoms with Crippen LogP contribution in [0.5, 0.6) is 0 Å². The highest BCUT2D eigenvalue weighted by atomic mass is 16.1. The molecule has 1 aromatic heterocycles. The summed E-state index contributed by atoms with van der Waals surface area (Å²) in [5.74, 6) is 0.397. The molecule has 2 N–H and O–H groups in total. The highest BCUT2D eigenvalue weighted by molar-refractivity contribution is 5.94. The lowest BCUT2D eigenvalue weighted by Crippen LogP contribution is -2.27. The van der Waals surface area contributed by atoms with Crippen molar-refractivity contribution in [2.24, 2.45) is 0 Å².